The molecule has 0 aromatic heterocycles. The van der Waals surface area contributed by atoms with Crippen LogP contribution >= 0.6 is 11.6 Å². The summed E-state index contributed by atoms with van der Waals surface area (Å²) in [5.74, 6) is 0.290. The van der Waals surface area contributed by atoms with Crippen LogP contribution < -0.4 is 15.4 Å². The number of carbonyl (C=O) groups excluding carboxylic acids is 1. The van der Waals surface area contributed by atoms with Gasteiger partial charge in [0.2, 0.25) is 0 Å². The lowest BCUT2D eigenvalue weighted by atomic mass is 10.2. The molecule has 22 heavy (non-hydrogen) atoms. The molecule has 5 nitrogen and oxygen atoms in total. The molecule has 1 aromatic carbocycles. The van der Waals surface area contributed by atoms with Crippen LogP contribution in [0.5, 0.6) is 5.75 Å². The molecule has 3 N–H and O–H groups in total. The standard InChI is InChI=1S/C16H25ClN2O3/c1-3-5-8-18-10-13(20)11-22-15-7-6-12(9-14(15)17)16(21)19-4-2/h6-7,9,13,18,20H,3-5,8,10-11H2,1-2H3,(H,19,21). The Morgan fingerprint density at radius 3 is 2.82 bits per heavy atom. The van der Waals surface area contributed by atoms with E-state index in [4.69, 9.17) is 16.3 Å². The van der Waals surface area contributed by atoms with Crippen LogP contribution in [-0.4, -0.2) is 43.4 Å². The second-order valence-electron chi connectivity index (χ2n) is 5.03. The van der Waals surface area contributed by atoms with E-state index >= 15 is 0 Å². The molecule has 1 aromatic rings. The van der Waals surface area contributed by atoms with Gasteiger partial charge in [-0.1, -0.05) is 24.9 Å². The van der Waals surface area contributed by atoms with Gasteiger partial charge < -0.3 is 20.5 Å². The minimum atomic E-state index is -0.601. The van der Waals surface area contributed by atoms with Gasteiger partial charge in [-0.2, -0.15) is 0 Å². The molecule has 0 aliphatic heterocycles. The molecular formula is C16H25ClN2O3. The first-order chi connectivity index (χ1) is 10.6. The average Bonchev–Trinajstić information content (AvgIpc) is 2.50. The van der Waals surface area contributed by atoms with Gasteiger partial charge >= 0.3 is 0 Å². The van der Waals surface area contributed by atoms with Crippen molar-refractivity contribution >= 4 is 17.5 Å². The summed E-state index contributed by atoms with van der Waals surface area (Å²) in [6.45, 7) is 6.05. The Balaban J connectivity index is 2.44. The van der Waals surface area contributed by atoms with E-state index in [1.165, 1.54) is 0 Å². The lowest BCUT2D eigenvalue weighted by molar-refractivity contribution is 0.0955. The number of ether oxygens (including phenoxy) is 1. The van der Waals surface area contributed by atoms with Gasteiger partial charge in [0.1, 0.15) is 18.5 Å². The van der Waals surface area contributed by atoms with Gasteiger partial charge in [0.05, 0.1) is 5.02 Å². The van der Waals surface area contributed by atoms with E-state index in [-0.39, 0.29) is 12.5 Å². The van der Waals surface area contributed by atoms with Gasteiger partial charge in [-0.15, -0.1) is 0 Å². The number of nitrogens with one attached hydrogen (secondary N) is 2. The molecule has 1 rings (SSSR count). The van der Waals surface area contributed by atoms with Crippen molar-refractivity contribution in [3.05, 3.63) is 28.8 Å². The Morgan fingerprint density at radius 2 is 2.18 bits per heavy atom. The zero-order chi connectivity index (χ0) is 16.4. The van der Waals surface area contributed by atoms with Crippen LogP contribution in [0.1, 0.15) is 37.0 Å². The van der Waals surface area contributed by atoms with Crippen molar-refractivity contribution in [3.8, 4) is 5.75 Å². The highest BCUT2D eigenvalue weighted by molar-refractivity contribution is 6.32. The van der Waals surface area contributed by atoms with Crippen LogP contribution in [0.3, 0.4) is 0 Å². The Kier molecular flexibility index (Phi) is 8.89. The molecule has 1 amide bonds. The Labute approximate surface area is 137 Å². The summed E-state index contributed by atoms with van der Waals surface area (Å²) < 4.78 is 5.50. The van der Waals surface area contributed by atoms with E-state index in [0.717, 1.165) is 19.4 Å². The van der Waals surface area contributed by atoms with E-state index in [9.17, 15) is 9.90 Å². The maximum atomic E-state index is 11.7. The fraction of sp³-hybridized carbons (Fsp3) is 0.562. The van der Waals surface area contributed by atoms with Gasteiger partial charge in [-0.05, 0) is 38.1 Å². The number of halogens is 1. The van der Waals surface area contributed by atoms with Crippen molar-refractivity contribution in [1.29, 1.82) is 0 Å². The first-order valence-corrected chi connectivity index (χ1v) is 8.05. The number of carbonyl (C=O) groups is 1. The number of hydrogen-bond acceptors (Lipinski definition) is 4. The van der Waals surface area contributed by atoms with E-state index in [1.54, 1.807) is 18.2 Å². The fourth-order valence-corrected chi connectivity index (χ4v) is 2.07. The third kappa shape index (κ3) is 6.64. The van der Waals surface area contributed by atoms with Gasteiger partial charge in [0.15, 0.2) is 0 Å². The molecule has 0 radical (unpaired) electrons. The third-order valence-corrected chi connectivity index (χ3v) is 3.35. The van der Waals surface area contributed by atoms with Crippen molar-refractivity contribution < 1.29 is 14.6 Å². The zero-order valence-electron chi connectivity index (χ0n) is 13.2. The normalized spacial score (nSPS) is 12.0. The van der Waals surface area contributed by atoms with Crippen molar-refractivity contribution in [2.45, 2.75) is 32.8 Å². The topological polar surface area (TPSA) is 70.6 Å². The van der Waals surface area contributed by atoms with E-state index in [2.05, 4.69) is 17.6 Å². The predicted octanol–water partition coefficient (Wildman–Crippen LogP) is 2.22. The number of aliphatic hydroxyl groups excluding tert-OH is 1. The highest BCUT2D eigenvalue weighted by atomic mass is 35.5. The molecule has 124 valence electrons. The first kappa shape index (κ1) is 18.7. The summed E-state index contributed by atoms with van der Waals surface area (Å²) >= 11 is 6.10. The van der Waals surface area contributed by atoms with Crippen LogP contribution in [0.4, 0.5) is 0 Å². The lowest BCUT2D eigenvalue weighted by Gasteiger charge is -2.14. The summed E-state index contributed by atoms with van der Waals surface area (Å²) in [4.78, 5) is 11.7. The summed E-state index contributed by atoms with van der Waals surface area (Å²) in [5, 5.41) is 16.0. The number of unbranched alkanes of at least 4 members (excludes halogenated alkanes) is 1. The predicted molar refractivity (Wildman–Crippen MR) is 88.7 cm³/mol. The molecule has 0 aliphatic carbocycles. The minimum Gasteiger partial charge on any atom is -0.489 e. The van der Waals surface area contributed by atoms with Crippen molar-refractivity contribution in [1.82, 2.24) is 10.6 Å². The summed E-state index contributed by atoms with van der Waals surface area (Å²) in [6.07, 6.45) is 1.60. The maximum absolute atomic E-state index is 11.7. The van der Waals surface area contributed by atoms with Gasteiger partial charge in [0.25, 0.3) is 5.91 Å². The molecule has 1 atom stereocenters. The van der Waals surface area contributed by atoms with Crippen molar-refractivity contribution in [3.63, 3.8) is 0 Å². The van der Waals surface area contributed by atoms with Gasteiger partial charge in [-0.3, -0.25) is 4.79 Å². The highest BCUT2D eigenvalue weighted by Gasteiger charge is 2.10. The molecular weight excluding hydrogens is 304 g/mol. The first-order valence-electron chi connectivity index (χ1n) is 7.67. The summed E-state index contributed by atoms with van der Waals surface area (Å²) in [7, 11) is 0. The average molecular weight is 329 g/mol. The molecule has 0 bridgehead atoms. The van der Waals surface area contributed by atoms with Crippen LogP contribution in [0.15, 0.2) is 18.2 Å². The minimum absolute atomic E-state index is 0.152. The fourth-order valence-electron chi connectivity index (χ4n) is 1.84. The lowest BCUT2D eigenvalue weighted by Crippen LogP contribution is -2.32. The molecule has 0 saturated heterocycles. The number of rotatable bonds is 10. The number of amides is 1. The van der Waals surface area contributed by atoms with Gasteiger partial charge in [-0.25, -0.2) is 0 Å². The molecule has 0 saturated carbocycles. The highest BCUT2D eigenvalue weighted by Crippen LogP contribution is 2.25. The molecule has 0 heterocycles. The Bertz CT molecular complexity index is 469. The second-order valence-corrected chi connectivity index (χ2v) is 5.43. The quantitative estimate of drug-likeness (QED) is 0.576. The summed E-state index contributed by atoms with van der Waals surface area (Å²) in [6, 6.07) is 4.86. The van der Waals surface area contributed by atoms with Crippen LogP contribution in [0, 0.1) is 0 Å². The molecule has 0 spiro atoms. The molecule has 0 fully saturated rings. The second kappa shape index (κ2) is 10.4. The summed E-state index contributed by atoms with van der Waals surface area (Å²) in [5.41, 5.74) is 0.487. The van der Waals surface area contributed by atoms with Crippen LogP contribution in [0.2, 0.25) is 5.02 Å². The zero-order valence-corrected chi connectivity index (χ0v) is 13.9. The number of aliphatic hydroxyl groups is 1. The van der Waals surface area contributed by atoms with Crippen molar-refractivity contribution in [2.75, 3.05) is 26.2 Å². The maximum Gasteiger partial charge on any atom is 0.251 e. The van der Waals surface area contributed by atoms with Gasteiger partial charge in [0, 0.05) is 18.7 Å². The van der Waals surface area contributed by atoms with E-state index < -0.39 is 6.10 Å². The largest absolute Gasteiger partial charge is 0.489 e. The van der Waals surface area contributed by atoms with Crippen LogP contribution in [-0.2, 0) is 0 Å². The van der Waals surface area contributed by atoms with Crippen LogP contribution in [0.25, 0.3) is 0 Å². The number of hydrogen-bond donors (Lipinski definition) is 3. The van der Waals surface area contributed by atoms with E-state index in [1.807, 2.05) is 6.92 Å². The Morgan fingerprint density at radius 1 is 1.41 bits per heavy atom. The smallest absolute Gasteiger partial charge is 0.251 e. The Hall–Kier alpha value is -1.30. The molecule has 1 unspecified atom stereocenters. The molecule has 6 heteroatoms. The SMILES string of the molecule is CCCCNCC(O)COc1ccc(C(=O)NCC)cc1Cl. The monoisotopic (exact) mass is 328 g/mol. The molecule has 0 aliphatic rings. The van der Waals surface area contributed by atoms with E-state index in [0.29, 0.717) is 29.4 Å². The number of benzene rings is 1. The third-order valence-electron chi connectivity index (χ3n) is 3.05. The van der Waals surface area contributed by atoms with Crippen molar-refractivity contribution in [2.24, 2.45) is 0 Å².